The summed E-state index contributed by atoms with van der Waals surface area (Å²) in [4.78, 5) is 17.0. The standard InChI is InChI=1S/C27H28F2N6O2/c1-37-21-8-10-33(16-21)20-6-7-25(23(29)12-20)35-26(17-4-5-18(14-30)22(28)11-17)13-24(32-35)27(36)34-9-2-3-19(31)15-34/h4-7,11-13,19,21H,2-3,8-10,15-16,31H2,1H3. The zero-order valence-electron chi connectivity index (χ0n) is 20.5. The minimum atomic E-state index is -0.708. The SMILES string of the molecule is COC1CCN(c2ccc(-n3nc(C(=O)N4CCCC(N)C4)cc3-c3ccc(C#N)c(F)c3)c(F)c2)C1. The van der Waals surface area contributed by atoms with E-state index in [1.54, 1.807) is 36.3 Å². The van der Waals surface area contributed by atoms with Gasteiger partial charge in [-0.2, -0.15) is 10.4 Å². The van der Waals surface area contributed by atoms with Crippen LogP contribution in [-0.4, -0.2) is 66.0 Å². The van der Waals surface area contributed by atoms with Gasteiger partial charge >= 0.3 is 0 Å². The van der Waals surface area contributed by atoms with E-state index in [1.807, 2.05) is 0 Å². The Morgan fingerprint density at radius 1 is 1.11 bits per heavy atom. The Morgan fingerprint density at radius 2 is 1.95 bits per heavy atom. The number of methoxy groups -OCH3 is 1. The van der Waals surface area contributed by atoms with E-state index in [-0.39, 0.29) is 35.0 Å². The van der Waals surface area contributed by atoms with Crippen molar-refractivity contribution in [1.82, 2.24) is 14.7 Å². The molecule has 0 saturated carbocycles. The predicted molar refractivity (Wildman–Crippen MR) is 134 cm³/mol. The van der Waals surface area contributed by atoms with Crippen LogP contribution >= 0.6 is 0 Å². The number of benzene rings is 2. The molecule has 8 nitrogen and oxygen atoms in total. The first-order valence-corrected chi connectivity index (χ1v) is 12.3. The van der Waals surface area contributed by atoms with Crippen LogP contribution in [-0.2, 0) is 4.74 Å². The van der Waals surface area contributed by atoms with Crippen molar-refractivity contribution in [3.63, 3.8) is 0 Å². The van der Waals surface area contributed by atoms with Crippen LogP contribution in [0.5, 0.6) is 0 Å². The van der Waals surface area contributed by atoms with Crippen molar-refractivity contribution in [2.45, 2.75) is 31.4 Å². The van der Waals surface area contributed by atoms with E-state index in [0.29, 0.717) is 30.9 Å². The van der Waals surface area contributed by atoms with Crippen molar-refractivity contribution in [3.05, 3.63) is 65.4 Å². The maximum absolute atomic E-state index is 15.5. The van der Waals surface area contributed by atoms with Gasteiger partial charge in [0.05, 0.1) is 17.4 Å². The molecular formula is C27H28F2N6O2. The van der Waals surface area contributed by atoms with Crippen LogP contribution in [0.3, 0.4) is 0 Å². The molecule has 2 fully saturated rings. The second kappa shape index (κ2) is 10.3. The molecule has 2 aliphatic heterocycles. The topological polar surface area (TPSA) is 100 Å². The van der Waals surface area contributed by atoms with Crippen molar-refractivity contribution in [2.24, 2.45) is 5.73 Å². The number of anilines is 1. The van der Waals surface area contributed by atoms with Crippen molar-refractivity contribution >= 4 is 11.6 Å². The molecule has 1 aromatic heterocycles. The molecule has 10 heteroatoms. The molecule has 37 heavy (non-hydrogen) atoms. The Morgan fingerprint density at radius 3 is 2.62 bits per heavy atom. The van der Waals surface area contributed by atoms with E-state index in [0.717, 1.165) is 31.5 Å². The normalized spacial score (nSPS) is 19.8. The zero-order chi connectivity index (χ0) is 26.1. The van der Waals surface area contributed by atoms with Crippen LogP contribution in [0.2, 0.25) is 0 Å². The lowest BCUT2D eigenvalue weighted by atomic mass is 10.1. The number of likely N-dealkylation sites (tertiary alicyclic amines) is 1. The summed E-state index contributed by atoms with van der Waals surface area (Å²) in [6, 6.07) is 12.2. The molecule has 5 rings (SSSR count). The van der Waals surface area contributed by atoms with E-state index >= 15 is 4.39 Å². The first kappa shape index (κ1) is 24.9. The molecule has 0 bridgehead atoms. The number of amides is 1. The number of ether oxygens (including phenoxy) is 1. The summed E-state index contributed by atoms with van der Waals surface area (Å²) in [6.07, 6.45) is 2.59. The van der Waals surface area contributed by atoms with Gasteiger partial charge in [0.2, 0.25) is 0 Å². The van der Waals surface area contributed by atoms with Gasteiger partial charge in [-0.1, -0.05) is 6.07 Å². The molecule has 3 aromatic rings. The van der Waals surface area contributed by atoms with Gasteiger partial charge in [0.25, 0.3) is 5.91 Å². The number of hydrogen-bond donors (Lipinski definition) is 1. The van der Waals surface area contributed by atoms with Crippen LogP contribution in [0.1, 0.15) is 35.3 Å². The largest absolute Gasteiger partial charge is 0.380 e. The number of piperidine rings is 1. The fraction of sp³-hybridized carbons (Fsp3) is 0.370. The number of hydrogen-bond acceptors (Lipinski definition) is 6. The minimum Gasteiger partial charge on any atom is -0.380 e. The first-order valence-electron chi connectivity index (χ1n) is 12.3. The quantitative estimate of drug-likeness (QED) is 0.569. The van der Waals surface area contributed by atoms with Crippen LogP contribution in [0.15, 0.2) is 42.5 Å². The van der Waals surface area contributed by atoms with E-state index < -0.39 is 11.6 Å². The molecule has 1 amide bonds. The average Bonchev–Trinajstić information content (AvgIpc) is 3.56. The highest BCUT2D eigenvalue weighted by Gasteiger charge is 2.27. The molecule has 2 aliphatic rings. The maximum atomic E-state index is 15.5. The monoisotopic (exact) mass is 506 g/mol. The number of rotatable bonds is 5. The molecule has 2 saturated heterocycles. The van der Waals surface area contributed by atoms with Crippen molar-refractivity contribution in [3.8, 4) is 23.0 Å². The third kappa shape index (κ3) is 4.92. The summed E-state index contributed by atoms with van der Waals surface area (Å²) >= 11 is 0. The second-order valence-corrected chi connectivity index (χ2v) is 9.51. The third-order valence-corrected chi connectivity index (χ3v) is 7.06. The number of nitrogens with two attached hydrogens (primary N) is 1. The number of nitrogens with zero attached hydrogens (tertiary/aromatic N) is 5. The first-order chi connectivity index (χ1) is 17.9. The molecule has 2 unspecified atom stereocenters. The van der Waals surface area contributed by atoms with Gasteiger partial charge in [-0.05, 0) is 55.7 Å². The summed E-state index contributed by atoms with van der Waals surface area (Å²) in [6.45, 7) is 2.39. The molecule has 2 aromatic carbocycles. The highest BCUT2D eigenvalue weighted by Crippen LogP contribution is 2.30. The fourth-order valence-corrected chi connectivity index (χ4v) is 5.02. The Bertz CT molecular complexity index is 1370. The summed E-state index contributed by atoms with van der Waals surface area (Å²) in [5.41, 5.74) is 7.60. The molecular weight excluding hydrogens is 478 g/mol. The Labute approximate surface area is 213 Å². The second-order valence-electron chi connectivity index (χ2n) is 9.51. The Kier molecular flexibility index (Phi) is 6.91. The van der Waals surface area contributed by atoms with Crippen molar-refractivity contribution in [2.75, 3.05) is 38.2 Å². The number of halogens is 2. The lowest BCUT2D eigenvalue weighted by molar-refractivity contribution is 0.0702. The molecule has 0 spiro atoms. The zero-order valence-corrected chi connectivity index (χ0v) is 20.5. The van der Waals surface area contributed by atoms with Crippen molar-refractivity contribution < 1.29 is 18.3 Å². The van der Waals surface area contributed by atoms with E-state index in [2.05, 4.69) is 10.00 Å². The fourth-order valence-electron chi connectivity index (χ4n) is 5.02. The van der Waals surface area contributed by atoms with Gasteiger partial charge in [0.15, 0.2) is 11.5 Å². The van der Waals surface area contributed by atoms with Gasteiger partial charge in [-0.15, -0.1) is 0 Å². The number of aromatic nitrogens is 2. The maximum Gasteiger partial charge on any atom is 0.274 e. The van der Waals surface area contributed by atoms with Gasteiger partial charge in [0, 0.05) is 50.6 Å². The number of carbonyl (C=O) groups is 1. The predicted octanol–water partition coefficient (Wildman–Crippen LogP) is 3.48. The Balaban J connectivity index is 1.55. The molecule has 3 heterocycles. The summed E-state index contributed by atoms with van der Waals surface area (Å²) in [7, 11) is 1.67. The van der Waals surface area contributed by atoms with E-state index in [4.69, 9.17) is 15.7 Å². The van der Waals surface area contributed by atoms with Crippen LogP contribution in [0, 0.1) is 23.0 Å². The van der Waals surface area contributed by atoms with Gasteiger partial charge in [-0.25, -0.2) is 13.5 Å². The molecule has 192 valence electrons. The van der Waals surface area contributed by atoms with Crippen LogP contribution in [0.4, 0.5) is 14.5 Å². The van der Waals surface area contributed by atoms with E-state index in [1.165, 1.54) is 28.9 Å². The van der Waals surface area contributed by atoms with Gasteiger partial charge < -0.3 is 20.3 Å². The third-order valence-electron chi connectivity index (χ3n) is 7.06. The Hall–Kier alpha value is -3.81. The van der Waals surface area contributed by atoms with Gasteiger partial charge in [-0.3, -0.25) is 4.79 Å². The minimum absolute atomic E-state index is 0.100. The number of nitriles is 1. The lowest BCUT2D eigenvalue weighted by Crippen LogP contribution is -2.45. The lowest BCUT2D eigenvalue weighted by Gasteiger charge is -2.30. The summed E-state index contributed by atoms with van der Waals surface area (Å²) < 4.78 is 36.8. The highest BCUT2D eigenvalue weighted by atomic mass is 19.1. The highest BCUT2D eigenvalue weighted by molar-refractivity contribution is 5.93. The van der Waals surface area contributed by atoms with Crippen LogP contribution in [0.25, 0.3) is 16.9 Å². The van der Waals surface area contributed by atoms with Crippen molar-refractivity contribution in [1.29, 1.82) is 5.26 Å². The molecule has 2 N–H and O–H groups in total. The molecule has 0 aliphatic carbocycles. The average molecular weight is 507 g/mol. The van der Waals surface area contributed by atoms with E-state index in [9.17, 15) is 9.18 Å². The number of carbonyl (C=O) groups excluding carboxylic acids is 1. The van der Waals surface area contributed by atoms with Gasteiger partial charge in [0.1, 0.15) is 17.6 Å². The molecule has 2 atom stereocenters. The van der Waals surface area contributed by atoms with Crippen LogP contribution < -0.4 is 10.6 Å². The summed E-state index contributed by atoms with van der Waals surface area (Å²) in [5.74, 6) is -1.56. The summed E-state index contributed by atoms with van der Waals surface area (Å²) in [5, 5.41) is 13.6. The smallest absolute Gasteiger partial charge is 0.274 e. The molecule has 0 radical (unpaired) electrons.